The first-order valence-corrected chi connectivity index (χ1v) is 6.66. The molecule has 5 heteroatoms. The molecule has 1 N–H and O–H groups in total. The van der Waals surface area contributed by atoms with Gasteiger partial charge in [-0.05, 0) is 35.7 Å². The highest BCUT2D eigenvalue weighted by Gasteiger charge is 2.14. The van der Waals surface area contributed by atoms with E-state index in [1.165, 1.54) is 11.3 Å². The van der Waals surface area contributed by atoms with Crippen molar-refractivity contribution in [3.8, 4) is 5.69 Å². The van der Waals surface area contributed by atoms with Crippen LogP contribution in [0.3, 0.4) is 0 Å². The van der Waals surface area contributed by atoms with Gasteiger partial charge in [-0.3, -0.25) is 4.79 Å². The number of rotatable bonds is 3. The van der Waals surface area contributed by atoms with Crippen molar-refractivity contribution in [2.24, 2.45) is 0 Å². The van der Waals surface area contributed by atoms with Crippen molar-refractivity contribution in [2.75, 3.05) is 5.32 Å². The molecule has 3 aromatic heterocycles. The SMILES string of the molecule is O=C(Nc1ccccn1)c1sccc1-n1cccc1. The Morgan fingerprint density at radius 3 is 2.74 bits per heavy atom. The second-order valence-electron chi connectivity index (χ2n) is 3.89. The number of hydrogen-bond donors (Lipinski definition) is 1. The summed E-state index contributed by atoms with van der Waals surface area (Å²) in [6, 6.07) is 11.2. The van der Waals surface area contributed by atoms with E-state index in [4.69, 9.17) is 0 Å². The van der Waals surface area contributed by atoms with Gasteiger partial charge in [0.2, 0.25) is 0 Å². The van der Waals surface area contributed by atoms with E-state index >= 15 is 0 Å². The van der Waals surface area contributed by atoms with Gasteiger partial charge in [-0.25, -0.2) is 4.98 Å². The van der Waals surface area contributed by atoms with Crippen LogP contribution in [0.1, 0.15) is 9.67 Å². The quantitative estimate of drug-likeness (QED) is 0.793. The summed E-state index contributed by atoms with van der Waals surface area (Å²) in [7, 11) is 0. The zero-order valence-electron chi connectivity index (χ0n) is 9.98. The van der Waals surface area contributed by atoms with E-state index in [2.05, 4.69) is 10.3 Å². The van der Waals surface area contributed by atoms with E-state index in [-0.39, 0.29) is 5.91 Å². The number of amides is 1. The Morgan fingerprint density at radius 2 is 2.00 bits per heavy atom. The summed E-state index contributed by atoms with van der Waals surface area (Å²) in [5.74, 6) is 0.414. The lowest BCUT2D eigenvalue weighted by Crippen LogP contribution is -2.13. The fourth-order valence-corrected chi connectivity index (χ4v) is 2.57. The smallest absolute Gasteiger partial charge is 0.269 e. The van der Waals surface area contributed by atoms with Gasteiger partial charge in [0.25, 0.3) is 5.91 Å². The van der Waals surface area contributed by atoms with Crippen LogP contribution in [0.15, 0.2) is 60.4 Å². The van der Waals surface area contributed by atoms with Gasteiger partial charge in [0.1, 0.15) is 10.7 Å². The molecule has 0 aliphatic carbocycles. The van der Waals surface area contributed by atoms with Gasteiger partial charge in [-0.15, -0.1) is 11.3 Å². The molecule has 0 spiro atoms. The Kier molecular flexibility index (Phi) is 3.12. The Bertz CT molecular complexity index is 674. The number of carbonyl (C=O) groups is 1. The Labute approximate surface area is 114 Å². The third-order valence-corrected chi connectivity index (χ3v) is 3.54. The zero-order chi connectivity index (χ0) is 13.1. The normalized spacial score (nSPS) is 10.3. The first-order chi connectivity index (χ1) is 9.34. The number of hydrogen-bond acceptors (Lipinski definition) is 3. The molecule has 0 fully saturated rings. The van der Waals surface area contributed by atoms with E-state index in [0.29, 0.717) is 10.7 Å². The maximum Gasteiger partial charge on any atom is 0.269 e. The molecule has 0 atom stereocenters. The average Bonchev–Trinajstić information content (AvgIpc) is 3.10. The van der Waals surface area contributed by atoms with Crippen LogP contribution in [0.5, 0.6) is 0 Å². The minimum atomic E-state index is -0.141. The topological polar surface area (TPSA) is 46.9 Å². The van der Waals surface area contributed by atoms with Crippen molar-refractivity contribution in [2.45, 2.75) is 0 Å². The lowest BCUT2D eigenvalue weighted by atomic mass is 10.3. The van der Waals surface area contributed by atoms with E-state index in [9.17, 15) is 4.79 Å². The van der Waals surface area contributed by atoms with Gasteiger partial charge in [-0.2, -0.15) is 0 Å². The summed E-state index contributed by atoms with van der Waals surface area (Å²) in [5.41, 5.74) is 0.878. The van der Waals surface area contributed by atoms with Gasteiger partial charge < -0.3 is 9.88 Å². The molecule has 1 amide bonds. The van der Waals surface area contributed by atoms with Crippen molar-refractivity contribution in [3.05, 3.63) is 65.2 Å². The molecule has 0 saturated carbocycles. The van der Waals surface area contributed by atoms with Crippen molar-refractivity contribution < 1.29 is 4.79 Å². The highest BCUT2D eigenvalue weighted by atomic mass is 32.1. The maximum absolute atomic E-state index is 12.2. The highest BCUT2D eigenvalue weighted by molar-refractivity contribution is 7.12. The molecule has 0 saturated heterocycles. The Morgan fingerprint density at radius 1 is 1.16 bits per heavy atom. The van der Waals surface area contributed by atoms with E-state index in [0.717, 1.165) is 5.69 Å². The van der Waals surface area contributed by atoms with Crippen LogP contribution >= 0.6 is 11.3 Å². The molecule has 0 aromatic carbocycles. The summed E-state index contributed by atoms with van der Waals surface area (Å²) in [5, 5.41) is 4.70. The molecule has 0 unspecified atom stereocenters. The second kappa shape index (κ2) is 5.07. The van der Waals surface area contributed by atoms with Gasteiger partial charge in [0.15, 0.2) is 0 Å². The molecule has 0 aliphatic rings. The van der Waals surface area contributed by atoms with Crippen LogP contribution in [-0.4, -0.2) is 15.5 Å². The standard InChI is InChI=1S/C14H11N3OS/c18-14(16-12-5-1-2-7-15-12)13-11(6-10-19-13)17-8-3-4-9-17/h1-10H,(H,15,16,18). The number of anilines is 1. The predicted molar refractivity (Wildman–Crippen MR) is 75.8 cm³/mol. The summed E-state index contributed by atoms with van der Waals surface area (Å²) in [4.78, 5) is 17.0. The molecule has 0 bridgehead atoms. The van der Waals surface area contributed by atoms with Crippen LogP contribution in [0.2, 0.25) is 0 Å². The third-order valence-electron chi connectivity index (χ3n) is 2.64. The van der Waals surface area contributed by atoms with Crippen molar-refractivity contribution >= 4 is 23.1 Å². The number of carbonyl (C=O) groups excluding carboxylic acids is 1. The largest absolute Gasteiger partial charge is 0.322 e. The summed E-state index contributed by atoms with van der Waals surface area (Å²) >= 11 is 1.41. The zero-order valence-corrected chi connectivity index (χ0v) is 10.8. The summed E-state index contributed by atoms with van der Waals surface area (Å²) < 4.78 is 1.92. The fourth-order valence-electron chi connectivity index (χ4n) is 1.78. The first kappa shape index (κ1) is 11.7. The van der Waals surface area contributed by atoms with Gasteiger partial charge in [-0.1, -0.05) is 6.07 Å². The highest BCUT2D eigenvalue weighted by Crippen LogP contribution is 2.22. The maximum atomic E-state index is 12.2. The van der Waals surface area contributed by atoms with Gasteiger partial charge >= 0.3 is 0 Å². The Balaban J connectivity index is 1.87. The first-order valence-electron chi connectivity index (χ1n) is 5.78. The number of aromatic nitrogens is 2. The molecule has 3 heterocycles. The van der Waals surface area contributed by atoms with Gasteiger partial charge in [0, 0.05) is 18.6 Å². The summed E-state index contributed by atoms with van der Waals surface area (Å²) in [6.45, 7) is 0. The fraction of sp³-hybridized carbons (Fsp3) is 0. The van der Waals surface area contributed by atoms with E-state index in [1.54, 1.807) is 12.3 Å². The molecule has 4 nitrogen and oxygen atoms in total. The van der Waals surface area contributed by atoms with Crippen LogP contribution < -0.4 is 5.32 Å². The number of thiophene rings is 1. The van der Waals surface area contributed by atoms with Crippen LogP contribution in [0.25, 0.3) is 5.69 Å². The average molecular weight is 269 g/mol. The number of nitrogens with zero attached hydrogens (tertiary/aromatic N) is 2. The van der Waals surface area contributed by atoms with Crippen LogP contribution in [0.4, 0.5) is 5.82 Å². The van der Waals surface area contributed by atoms with Crippen molar-refractivity contribution in [1.29, 1.82) is 0 Å². The monoisotopic (exact) mass is 269 g/mol. The van der Waals surface area contributed by atoms with E-state index < -0.39 is 0 Å². The molecular weight excluding hydrogens is 258 g/mol. The Hall–Kier alpha value is -2.40. The van der Waals surface area contributed by atoms with Crippen molar-refractivity contribution in [1.82, 2.24) is 9.55 Å². The predicted octanol–water partition coefficient (Wildman–Crippen LogP) is 3.19. The lowest BCUT2D eigenvalue weighted by Gasteiger charge is -2.06. The number of pyridine rings is 1. The van der Waals surface area contributed by atoms with E-state index in [1.807, 2.05) is 52.7 Å². The van der Waals surface area contributed by atoms with Crippen LogP contribution in [-0.2, 0) is 0 Å². The van der Waals surface area contributed by atoms with Crippen LogP contribution in [0, 0.1) is 0 Å². The lowest BCUT2D eigenvalue weighted by molar-refractivity contribution is 0.103. The number of nitrogens with one attached hydrogen (secondary N) is 1. The molecule has 3 rings (SSSR count). The summed E-state index contributed by atoms with van der Waals surface area (Å²) in [6.07, 6.45) is 5.48. The second-order valence-corrected chi connectivity index (χ2v) is 4.81. The van der Waals surface area contributed by atoms with Crippen molar-refractivity contribution in [3.63, 3.8) is 0 Å². The molecular formula is C14H11N3OS. The molecule has 94 valence electrons. The third kappa shape index (κ3) is 2.41. The molecule has 0 aliphatic heterocycles. The minimum Gasteiger partial charge on any atom is -0.322 e. The molecule has 19 heavy (non-hydrogen) atoms. The van der Waals surface area contributed by atoms with Gasteiger partial charge in [0.05, 0.1) is 5.69 Å². The minimum absolute atomic E-state index is 0.141. The molecule has 0 radical (unpaired) electrons. The molecule has 3 aromatic rings.